The number of aromatic nitrogens is 2. The summed E-state index contributed by atoms with van der Waals surface area (Å²) in [6.07, 6.45) is 3.36. The molecule has 2 heterocycles. The first-order chi connectivity index (χ1) is 13.7. The second-order valence-corrected chi connectivity index (χ2v) is 6.23. The Hall–Kier alpha value is -3.35. The number of aryl methyl sites for hydroxylation is 1. The van der Waals surface area contributed by atoms with Gasteiger partial charge in [-0.2, -0.15) is 0 Å². The highest BCUT2D eigenvalue weighted by atomic mass is 16.5. The molecule has 0 aliphatic carbocycles. The summed E-state index contributed by atoms with van der Waals surface area (Å²) in [4.78, 5) is 13.3. The molecule has 0 bridgehead atoms. The highest BCUT2D eigenvalue weighted by Gasteiger charge is 2.08. The molecule has 2 aromatic heterocycles. The van der Waals surface area contributed by atoms with Crippen LogP contribution in [0.25, 0.3) is 11.5 Å². The van der Waals surface area contributed by atoms with Gasteiger partial charge in [0, 0.05) is 23.9 Å². The minimum atomic E-state index is 0.458. The number of aliphatic imine (C=N–C) groups is 1. The summed E-state index contributed by atoms with van der Waals surface area (Å²) < 4.78 is 10.9. The Bertz CT molecular complexity index is 919. The Balaban J connectivity index is 1.64. The van der Waals surface area contributed by atoms with E-state index in [9.17, 15) is 0 Å². The highest BCUT2D eigenvalue weighted by molar-refractivity contribution is 5.79. The van der Waals surface area contributed by atoms with Gasteiger partial charge in [0.25, 0.3) is 0 Å². The first-order valence-electron chi connectivity index (χ1n) is 9.21. The molecule has 3 aromatic rings. The summed E-state index contributed by atoms with van der Waals surface area (Å²) in [7, 11) is 1.61. The van der Waals surface area contributed by atoms with Crippen LogP contribution in [-0.4, -0.2) is 29.6 Å². The third-order valence-corrected chi connectivity index (χ3v) is 4.08. The summed E-state index contributed by atoms with van der Waals surface area (Å²) >= 11 is 0. The van der Waals surface area contributed by atoms with Gasteiger partial charge in [-0.15, -0.1) is 0 Å². The number of benzene rings is 1. The number of oxazole rings is 1. The SMILES string of the molecule is CCNC(=NCc1cccnc1OC)NCc1coc(-c2ccc(C)cc2)n1. The molecular formula is C21H25N5O2. The van der Waals surface area contributed by atoms with E-state index >= 15 is 0 Å². The summed E-state index contributed by atoms with van der Waals surface area (Å²) in [5.41, 5.74) is 3.89. The van der Waals surface area contributed by atoms with Crippen LogP contribution in [0.5, 0.6) is 5.88 Å². The highest BCUT2D eigenvalue weighted by Crippen LogP contribution is 2.19. The number of methoxy groups -OCH3 is 1. The van der Waals surface area contributed by atoms with Crippen LogP contribution < -0.4 is 15.4 Å². The van der Waals surface area contributed by atoms with Crippen LogP contribution in [-0.2, 0) is 13.1 Å². The lowest BCUT2D eigenvalue weighted by Crippen LogP contribution is -2.36. The Morgan fingerprint density at radius 1 is 1.18 bits per heavy atom. The molecule has 3 rings (SSSR count). The zero-order valence-electron chi connectivity index (χ0n) is 16.4. The molecule has 0 atom stereocenters. The van der Waals surface area contributed by atoms with E-state index in [0.29, 0.717) is 30.8 Å². The number of nitrogens with one attached hydrogen (secondary N) is 2. The van der Waals surface area contributed by atoms with Crippen molar-refractivity contribution in [2.24, 2.45) is 4.99 Å². The van der Waals surface area contributed by atoms with Gasteiger partial charge in [-0.25, -0.2) is 15.0 Å². The number of pyridine rings is 1. The molecule has 0 fully saturated rings. The van der Waals surface area contributed by atoms with E-state index in [2.05, 4.69) is 32.5 Å². The van der Waals surface area contributed by atoms with Crippen molar-refractivity contribution < 1.29 is 9.15 Å². The normalized spacial score (nSPS) is 11.3. The topological polar surface area (TPSA) is 84.6 Å². The fourth-order valence-electron chi connectivity index (χ4n) is 2.63. The number of hydrogen-bond donors (Lipinski definition) is 2. The molecule has 1 aromatic carbocycles. The van der Waals surface area contributed by atoms with E-state index in [-0.39, 0.29) is 0 Å². The number of nitrogens with zero attached hydrogens (tertiary/aromatic N) is 3. The van der Waals surface area contributed by atoms with Gasteiger partial charge >= 0.3 is 0 Å². The van der Waals surface area contributed by atoms with E-state index in [1.54, 1.807) is 19.6 Å². The number of guanidine groups is 1. The molecule has 0 unspecified atom stereocenters. The quantitative estimate of drug-likeness (QED) is 0.484. The van der Waals surface area contributed by atoms with Crippen molar-refractivity contribution in [2.45, 2.75) is 26.9 Å². The Labute approximate surface area is 164 Å². The van der Waals surface area contributed by atoms with E-state index < -0.39 is 0 Å². The average Bonchev–Trinajstić information content (AvgIpc) is 3.20. The van der Waals surface area contributed by atoms with Crippen molar-refractivity contribution in [1.29, 1.82) is 0 Å². The lowest BCUT2D eigenvalue weighted by molar-refractivity contribution is 0.392. The van der Waals surface area contributed by atoms with Gasteiger partial charge in [0.15, 0.2) is 5.96 Å². The van der Waals surface area contributed by atoms with Gasteiger partial charge < -0.3 is 19.8 Å². The predicted molar refractivity (Wildman–Crippen MR) is 109 cm³/mol. The molecule has 0 aliphatic rings. The molecule has 0 spiro atoms. The standard InChI is InChI=1S/C21H25N5O2/c1-4-22-21(24-12-17-6-5-11-23-19(17)27-3)25-13-18-14-28-20(26-18)16-9-7-15(2)8-10-16/h5-11,14H,4,12-13H2,1-3H3,(H2,22,24,25). The number of ether oxygens (including phenoxy) is 1. The Morgan fingerprint density at radius 2 is 2.00 bits per heavy atom. The minimum Gasteiger partial charge on any atom is -0.481 e. The molecule has 0 saturated carbocycles. The van der Waals surface area contributed by atoms with Crippen molar-refractivity contribution in [2.75, 3.05) is 13.7 Å². The molecule has 0 amide bonds. The van der Waals surface area contributed by atoms with Crippen LogP contribution >= 0.6 is 0 Å². The van der Waals surface area contributed by atoms with Crippen LogP contribution in [0.3, 0.4) is 0 Å². The lowest BCUT2D eigenvalue weighted by atomic mass is 10.1. The van der Waals surface area contributed by atoms with Crippen LogP contribution in [0.15, 0.2) is 58.3 Å². The molecule has 0 aliphatic heterocycles. The molecule has 2 N–H and O–H groups in total. The van der Waals surface area contributed by atoms with E-state index in [1.165, 1.54) is 5.56 Å². The second-order valence-electron chi connectivity index (χ2n) is 6.23. The maximum absolute atomic E-state index is 5.61. The third kappa shape index (κ3) is 5.09. The van der Waals surface area contributed by atoms with Crippen molar-refractivity contribution >= 4 is 5.96 Å². The van der Waals surface area contributed by atoms with Gasteiger partial charge in [-0.1, -0.05) is 23.8 Å². The van der Waals surface area contributed by atoms with Crippen molar-refractivity contribution in [3.63, 3.8) is 0 Å². The largest absolute Gasteiger partial charge is 0.481 e. The molecule has 7 heteroatoms. The molecule has 146 valence electrons. The molecule has 0 saturated heterocycles. The Morgan fingerprint density at radius 3 is 2.75 bits per heavy atom. The monoisotopic (exact) mass is 379 g/mol. The van der Waals surface area contributed by atoms with Crippen molar-refractivity contribution in [1.82, 2.24) is 20.6 Å². The zero-order chi connectivity index (χ0) is 19.8. The number of hydrogen-bond acceptors (Lipinski definition) is 5. The third-order valence-electron chi connectivity index (χ3n) is 4.08. The van der Waals surface area contributed by atoms with Gasteiger partial charge in [0.05, 0.1) is 25.9 Å². The van der Waals surface area contributed by atoms with Crippen LogP contribution in [0, 0.1) is 6.92 Å². The summed E-state index contributed by atoms with van der Waals surface area (Å²) in [5, 5.41) is 6.50. The van der Waals surface area contributed by atoms with Gasteiger partial charge in [0.1, 0.15) is 6.26 Å². The van der Waals surface area contributed by atoms with E-state index in [1.807, 2.05) is 43.3 Å². The fraction of sp³-hybridized carbons (Fsp3) is 0.286. The lowest BCUT2D eigenvalue weighted by Gasteiger charge is -2.10. The van der Waals surface area contributed by atoms with Crippen molar-refractivity contribution in [3.8, 4) is 17.3 Å². The van der Waals surface area contributed by atoms with Gasteiger partial charge in [-0.3, -0.25) is 0 Å². The Kier molecular flexibility index (Phi) is 6.62. The van der Waals surface area contributed by atoms with Crippen LogP contribution in [0.1, 0.15) is 23.7 Å². The first kappa shape index (κ1) is 19.4. The first-order valence-corrected chi connectivity index (χ1v) is 9.21. The summed E-state index contributed by atoms with van der Waals surface area (Å²) in [6.45, 7) is 5.79. The average molecular weight is 379 g/mol. The van der Waals surface area contributed by atoms with Crippen LogP contribution in [0.2, 0.25) is 0 Å². The van der Waals surface area contributed by atoms with Crippen molar-refractivity contribution in [3.05, 3.63) is 65.7 Å². The summed E-state index contributed by atoms with van der Waals surface area (Å²) in [6, 6.07) is 11.9. The number of rotatable bonds is 7. The molecular weight excluding hydrogens is 354 g/mol. The van der Waals surface area contributed by atoms with E-state index in [4.69, 9.17) is 9.15 Å². The second kappa shape index (κ2) is 9.55. The van der Waals surface area contributed by atoms with Gasteiger partial charge in [0.2, 0.25) is 11.8 Å². The minimum absolute atomic E-state index is 0.458. The van der Waals surface area contributed by atoms with Crippen LogP contribution in [0.4, 0.5) is 0 Å². The smallest absolute Gasteiger partial charge is 0.226 e. The maximum atomic E-state index is 5.61. The molecule has 28 heavy (non-hydrogen) atoms. The van der Waals surface area contributed by atoms with Gasteiger partial charge in [-0.05, 0) is 32.0 Å². The van der Waals surface area contributed by atoms with E-state index in [0.717, 1.165) is 23.4 Å². The fourth-order valence-corrected chi connectivity index (χ4v) is 2.63. The maximum Gasteiger partial charge on any atom is 0.226 e. The summed E-state index contributed by atoms with van der Waals surface area (Å²) in [5.74, 6) is 1.88. The zero-order valence-corrected chi connectivity index (χ0v) is 16.4. The molecule has 7 nitrogen and oxygen atoms in total. The predicted octanol–water partition coefficient (Wildman–Crippen LogP) is 3.31. The molecule has 0 radical (unpaired) electrons.